The highest BCUT2D eigenvalue weighted by Gasteiger charge is 2.06. The van der Waals surface area contributed by atoms with Crippen molar-refractivity contribution in [2.45, 2.75) is 0 Å². The lowest BCUT2D eigenvalue weighted by atomic mass is 10.1. The predicted octanol–water partition coefficient (Wildman–Crippen LogP) is 2.27. The van der Waals surface area contributed by atoms with Gasteiger partial charge in [-0.25, -0.2) is 4.98 Å². The van der Waals surface area contributed by atoms with Crippen molar-refractivity contribution in [3.63, 3.8) is 0 Å². The molecule has 3 aromatic rings. The lowest BCUT2D eigenvalue weighted by Gasteiger charge is -2.01. The smallest absolute Gasteiger partial charge is 0.193 e. The molecule has 2 aromatic heterocycles. The third-order valence-corrected chi connectivity index (χ3v) is 2.64. The molecular formula is C14H10NO2+. The van der Waals surface area contributed by atoms with Gasteiger partial charge in [-0.05, 0) is 12.1 Å². The molecule has 2 heterocycles. The van der Waals surface area contributed by atoms with Crippen LogP contribution < -0.4 is 10.4 Å². The molecular weight excluding hydrogens is 214 g/mol. The van der Waals surface area contributed by atoms with E-state index in [4.69, 9.17) is 4.42 Å². The molecule has 0 fully saturated rings. The van der Waals surface area contributed by atoms with Gasteiger partial charge in [0, 0.05) is 23.8 Å². The zero-order valence-corrected chi connectivity index (χ0v) is 9.01. The average Bonchev–Trinajstić information content (AvgIpc) is 2.40. The van der Waals surface area contributed by atoms with Gasteiger partial charge >= 0.3 is 0 Å². The Balaban J connectivity index is 2.30. The van der Waals surface area contributed by atoms with Gasteiger partial charge in [-0.3, -0.25) is 4.79 Å². The summed E-state index contributed by atoms with van der Waals surface area (Å²) in [7, 11) is 0. The van der Waals surface area contributed by atoms with Gasteiger partial charge in [-0.2, -0.15) is 0 Å². The van der Waals surface area contributed by atoms with Crippen LogP contribution in [0.4, 0.5) is 0 Å². The van der Waals surface area contributed by atoms with Gasteiger partial charge < -0.3 is 4.42 Å². The van der Waals surface area contributed by atoms with Crippen LogP contribution in [0.25, 0.3) is 22.3 Å². The van der Waals surface area contributed by atoms with E-state index in [1.807, 2.05) is 24.3 Å². The van der Waals surface area contributed by atoms with Crippen molar-refractivity contribution in [3.05, 3.63) is 65.1 Å². The fourth-order valence-corrected chi connectivity index (χ4v) is 1.80. The first kappa shape index (κ1) is 9.78. The van der Waals surface area contributed by atoms with Gasteiger partial charge in [-0.1, -0.05) is 12.1 Å². The fraction of sp³-hybridized carbons (Fsp3) is 0. The van der Waals surface area contributed by atoms with Gasteiger partial charge in [0.25, 0.3) is 0 Å². The van der Waals surface area contributed by atoms with E-state index in [2.05, 4.69) is 4.98 Å². The van der Waals surface area contributed by atoms with Crippen LogP contribution in [0.2, 0.25) is 0 Å². The lowest BCUT2D eigenvalue weighted by molar-refractivity contribution is -0.377. The Labute approximate surface area is 97.4 Å². The van der Waals surface area contributed by atoms with Gasteiger partial charge in [0.2, 0.25) is 0 Å². The Morgan fingerprint density at radius 3 is 2.59 bits per heavy atom. The maximum absolute atomic E-state index is 11.9. The SMILES string of the molecule is O=c1cc(-c2cc[nH+]cc2)oc2ccccc12. The normalized spacial score (nSPS) is 10.6. The molecule has 0 bridgehead atoms. The topological polar surface area (TPSA) is 44.4 Å². The first-order valence-corrected chi connectivity index (χ1v) is 5.34. The number of aromatic nitrogens is 1. The molecule has 3 heteroatoms. The van der Waals surface area contributed by atoms with Crippen LogP contribution in [0.5, 0.6) is 0 Å². The molecule has 0 amide bonds. The summed E-state index contributed by atoms with van der Waals surface area (Å²) in [5.74, 6) is 0.586. The highest BCUT2D eigenvalue weighted by atomic mass is 16.3. The third-order valence-electron chi connectivity index (χ3n) is 2.64. The largest absolute Gasteiger partial charge is 0.456 e. The summed E-state index contributed by atoms with van der Waals surface area (Å²) in [5.41, 5.74) is 1.48. The fourth-order valence-electron chi connectivity index (χ4n) is 1.80. The number of nitrogens with one attached hydrogen (secondary N) is 1. The second kappa shape index (κ2) is 3.87. The number of benzene rings is 1. The second-order valence-corrected chi connectivity index (χ2v) is 3.76. The highest BCUT2D eigenvalue weighted by molar-refractivity contribution is 5.78. The quantitative estimate of drug-likeness (QED) is 0.636. The van der Waals surface area contributed by atoms with Crippen LogP contribution >= 0.6 is 0 Å². The zero-order chi connectivity index (χ0) is 11.7. The number of hydrogen-bond donors (Lipinski definition) is 0. The van der Waals surface area contributed by atoms with Crippen LogP contribution in [0, 0.1) is 0 Å². The zero-order valence-electron chi connectivity index (χ0n) is 9.01. The molecule has 17 heavy (non-hydrogen) atoms. The van der Waals surface area contributed by atoms with Crippen molar-refractivity contribution < 1.29 is 9.40 Å². The standard InChI is InChI=1S/C14H9NO2/c16-12-9-14(10-5-7-15-8-6-10)17-13-4-2-1-3-11(12)13/h1-9H/p+1. The van der Waals surface area contributed by atoms with Crippen molar-refractivity contribution in [2.75, 3.05) is 0 Å². The van der Waals surface area contributed by atoms with Gasteiger partial charge in [-0.15, -0.1) is 0 Å². The summed E-state index contributed by atoms with van der Waals surface area (Å²) in [6, 6.07) is 12.5. The van der Waals surface area contributed by atoms with E-state index in [0.29, 0.717) is 16.7 Å². The lowest BCUT2D eigenvalue weighted by Crippen LogP contribution is -2.01. The molecule has 0 aliphatic carbocycles. The van der Waals surface area contributed by atoms with Crippen LogP contribution in [0.3, 0.4) is 0 Å². The Morgan fingerprint density at radius 1 is 1.00 bits per heavy atom. The summed E-state index contributed by atoms with van der Waals surface area (Å²) in [5, 5.41) is 0.610. The molecule has 1 N–H and O–H groups in total. The minimum Gasteiger partial charge on any atom is -0.456 e. The monoisotopic (exact) mass is 224 g/mol. The average molecular weight is 224 g/mol. The Morgan fingerprint density at radius 2 is 1.76 bits per heavy atom. The number of pyridine rings is 1. The first-order chi connectivity index (χ1) is 8.34. The summed E-state index contributed by atoms with van der Waals surface area (Å²) in [4.78, 5) is 14.8. The molecule has 82 valence electrons. The van der Waals surface area contributed by atoms with Gasteiger partial charge in [0.05, 0.1) is 5.39 Å². The molecule has 0 aliphatic heterocycles. The van der Waals surface area contributed by atoms with E-state index in [-0.39, 0.29) is 5.43 Å². The van der Waals surface area contributed by atoms with Crippen molar-refractivity contribution in [1.82, 2.24) is 0 Å². The molecule has 0 atom stereocenters. The molecule has 3 nitrogen and oxygen atoms in total. The number of rotatable bonds is 1. The number of fused-ring (bicyclic) bond motifs is 1. The minimum atomic E-state index is -0.0188. The maximum atomic E-state index is 11.9. The molecule has 0 aliphatic rings. The molecule has 1 aromatic carbocycles. The molecule has 0 spiro atoms. The summed E-state index contributed by atoms with van der Waals surface area (Å²) >= 11 is 0. The molecule has 0 unspecified atom stereocenters. The van der Waals surface area contributed by atoms with E-state index in [0.717, 1.165) is 5.56 Å². The van der Waals surface area contributed by atoms with Crippen molar-refractivity contribution in [2.24, 2.45) is 0 Å². The van der Waals surface area contributed by atoms with E-state index in [1.165, 1.54) is 6.07 Å². The number of aromatic amines is 1. The van der Waals surface area contributed by atoms with Crippen molar-refractivity contribution >= 4 is 11.0 Å². The van der Waals surface area contributed by atoms with Crippen LogP contribution in [0.15, 0.2) is 64.1 Å². The number of H-pyrrole nitrogens is 1. The van der Waals surface area contributed by atoms with Gasteiger partial charge in [0.15, 0.2) is 17.8 Å². The predicted molar refractivity (Wildman–Crippen MR) is 64.5 cm³/mol. The summed E-state index contributed by atoms with van der Waals surface area (Å²) in [6.07, 6.45) is 3.59. The molecule has 0 saturated heterocycles. The maximum Gasteiger partial charge on any atom is 0.193 e. The minimum absolute atomic E-state index is 0.0188. The number of para-hydroxylation sites is 1. The summed E-state index contributed by atoms with van der Waals surface area (Å²) in [6.45, 7) is 0. The van der Waals surface area contributed by atoms with Crippen molar-refractivity contribution in [3.8, 4) is 11.3 Å². The van der Waals surface area contributed by atoms with E-state index < -0.39 is 0 Å². The van der Waals surface area contributed by atoms with E-state index in [9.17, 15) is 4.79 Å². The highest BCUT2D eigenvalue weighted by Crippen LogP contribution is 2.20. The third kappa shape index (κ3) is 1.72. The van der Waals surface area contributed by atoms with Crippen LogP contribution in [-0.2, 0) is 0 Å². The number of hydrogen-bond acceptors (Lipinski definition) is 2. The van der Waals surface area contributed by atoms with Gasteiger partial charge in [0.1, 0.15) is 11.3 Å². The van der Waals surface area contributed by atoms with Crippen molar-refractivity contribution in [1.29, 1.82) is 0 Å². The van der Waals surface area contributed by atoms with E-state index in [1.54, 1.807) is 24.5 Å². The Bertz CT molecular complexity index is 717. The van der Waals surface area contributed by atoms with Crippen LogP contribution in [0.1, 0.15) is 0 Å². The molecule has 0 radical (unpaired) electrons. The molecule has 0 saturated carbocycles. The van der Waals surface area contributed by atoms with E-state index >= 15 is 0 Å². The van der Waals surface area contributed by atoms with Crippen LogP contribution in [-0.4, -0.2) is 0 Å². The Kier molecular flexibility index (Phi) is 2.22. The summed E-state index contributed by atoms with van der Waals surface area (Å²) < 4.78 is 5.71. The first-order valence-electron chi connectivity index (χ1n) is 5.34. The second-order valence-electron chi connectivity index (χ2n) is 3.76. The molecule has 3 rings (SSSR count). The Hall–Kier alpha value is -2.42.